The smallest absolute Gasteiger partial charge is 0.0629 e. The maximum atomic E-state index is 4.40. The molecule has 2 heteroatoms. The number of anilines is 1. The molecule has 0 spiro atoms. The topological polar surface area (TPSA) is 24.4 Å². The Morgan fingerprint density at radius 1 is 0.950 bits per heavy atom. The second-order valence-electron chi connectivity index (χ2n) is 4.37. The molecule has 2 nitrogen and oxygen atoms in total. The molecule has 20 heavy (non-hydrogen) atoms. The number of hydrogen-bond acceptors (Lipinski definition) is 2. The van der Waals surface area contributed by atoms with E-state index in [1.165, 1.54) is 0 Å². The van der Waals surface area contributed by atoms with Crippen molar-refractivity contribution in [2.24, 2.45) is 4.99 Å². The fourth-order valence-corrected chi connectivity index (χ4v) is 1.61. The third-order valence-electron chi connectivity index (χ3n) is 2.65. The van der Waals surface area contributed by atoms with Gasteiger partial charge in [0.25, 0.3) is 0 Å². The zero-order valence-corrected chi connectivity index (χ0v) is 11.5. The molecule has 0 atom stereocenters. The summed E-state index contributed by atoms with van der Waals surface area (Å²) in [7, 11) is 0. The summed E-state index contributed by atoms with van der Waals surface area (Å²) in [5.74, 6) is 0. The lowest BCUT2D eigenvalue weighted by atomic mass is 10.3. The van der Waals surface area contributed by atoms with Crippen LogP contribution in [0.15, 0.2) is 89.6 Å². The van der Waals surface area contributed by atoms with Gasteiger partial charge in [-0.2, -0.15) is 0 Å². The van der Waals surface area contributed by atoms with Crippen LogP contribution in [0.3, 0.4) is 0 Å². The number of allylic oxidation sites excluding steroid dienone is 3. The van der Waals surface area contributed by atoms with Crippen LogP contribution in [0.1, 0.15) is 6.92 Å². The summed E-state index contributed by atoms with van der Waals surface area (Å²) in [6, 6.07) is 20.0. The molecule has 0 amide bonds. The van der Waals surface area contributed by atoms with Crippen molar-refractivity contribution < 1.29 is 0 Å². The second kappa shape index (κ2) is 7.74. The van der Waals surface area contributed by atoms with Gasteiger partial charge in [-0.1, -0.05) is 42.5 Å². The van der Waals surface area contributed by atoms with Crippen LogP contribution in [0.4, 0.5) is 11.4 Å². The summed E-state index contributed by atoms with van der Waals surface area (Å²) in [4.78, 5) is 4.40. The number of nitrogens with zero attached hydrogens (tertiary/aromatic N) is 1. The Morgan fingerprint density at radius 2 is 1.60 bits per heavy atom. The molecule has 0 saturated heterocycles. The molecule has 0 fully saturated rings. The average molecular weight is 262 g/mol. The lowest BCUT2D eigenvalue weighted by molar-refractivity contribution is 1.50. The first-order valence-electron chi connectivity index (χ1n) is 6.59. The molecule has 0 aliphatic carbocycles. The van der Waals surface area contributed by atoms with Crippen LogP contribution in [0.2, 0.25) is 0 Å². The van der Waals surface area contributed by atoms with Crippen LogP contribution in [-0.2, 0) is 0 Å². The van der Waals surface area contributed by atoms with Crippen molar-refractivity contribution in [3.8, 4) is 0 Å². The number of nitrogens with one attached hydrogen (secondary N) is 1. The number of benzene rings is 2. The van der Waals surface area contributed by atoms with E-state index in [0.717, 1.165) is 16.9 Å². The minimum Gasteiger partial charge on any atom is -0.362 e. The van der Waals surface area contributed by atoms with E-state index in [2.05, 4.69) is 10.3 Å². The van der Waals surface area contributed by atoms with Crippen molar-refractivity contribution in [1.29, 1.82) is 0 Å². The Balaban J connectivity index is 1.86. The number of hydrogen-bond donors (Lipinski definition) is 1. The molecule has 2 aromatic rings. The van der Waals surface area contributed by atoms with Gasteiger partial charge in [-0.3, -0.25) is 4.99 Å². The Hall–Kier alpha value is -2.61. The highest BCUT2D eigenvalue weighted by Crippen LogP contribution is 2.09. The molecule has 0 unspecified atom stereocenters. The van der Waals surface area contributed by atoms with Gasteiger partial charge in [0.2, 0.25) is 0 Å². The summed E-state index contributed by atoms with van der Waals surface area (Å²) in [5.41, 5.74) is 3.14. The van der Waals surface area contributed by atoms with E-state index in [9.17, 15) is 0 Å². The van der Waals surface area contributed by atoms with Crippen molar-refractivity contribution in [3.63, 3.8) is 0 Å². The van der Waals surface area contributed by atoms with Gasteiger partial charge >= 0.3 is 0 Å². The predicted octanol–water partition coefficient (Wildman–Crippen LogP) is 4.96. The molecule has 0 heterocycles. The van der Waals surface area contributed by atoms with E-state index >= 15 is 0 Å². The van der Waals surface area contributed by atoms with Crippen molar-refractivity contribution >= 4 is 17.6 Å². The Kier molecular flexibility index (Phi) is 5.35. The van der Waals surface area contributed by atoms with Gasteiger partial charge in [0.15, 0.2) is 0 Å². The molecule has 0 aliphatic heterocycles. The normalized spacial score (nSPS) is 12.2. The van der Waals surface area contributed by atoms with Gasteiger partial charge in [-0.15, -0.1) is 0 Å². The highest BCUT2D eigenvalue weighted by molar-refractivity contribution is 5.80. The van der Waals surface area contributed by atoms with Crippen molar-refractivity contribution in [1.82, 2.24) is 0 Å². The molecule has 100 valence electrons. The zero-order valence-electron chi connectivity index (χ0n) is 11.5. The fourth-order valence-electron chi connectivity index (χ4n) is 1.61. The first kappa shape index (κ1) is 13.8. The number of para-hydroxylation sites is 2. The molecule has 0 aromatic heterocycles. The molecule has 0 saturated carbocycles. The summed E-state index contributed by atoms with van der Waals surface area (Å²) < 4.78 is 0. The van der Waals surface area contributed by atoms with Crippen molar-refractivity contribution in [2.75, 3.05) is 5.32 Å². The third kappa shape index (κ3) is 4.94. The first-order chi connectivity index (χ1) is 9.84. The highest BCUT2D eigenvalue weighted by Gasteiger charge is 1.85. The lowest BCUT2D eigenvalue weighted by Crippen LogP contribution is -1.85. The molecular formula is C18H18N2. The summed E-state index contributed by atoms with van der Waals surface area (Å²) in [6.07, 6.45) is 7.76. The lowest BCUT2D eigenvalue weighted by Gasteiger charge is -1.97. The van der Waals surface area contributed by atoms with Crippen molar-refractivity contribution in [2.45, 2.75) is 6.92 Å². The highest BCUT2D eigenvalue weighted by atomic mass is 14.8. The number of rotatable bonds is 5. The maximum Gasteiger partial charge on any atom is 0.0629 e. The largest absolute Gasteiger partial charge is 0.362 e. The second-order valence-corrected chi connectivity index (χ2v) is 4.37. The van der Waals surface area contributed by atoms with E-state index < -0.39 is 0 Å². The van der Waals surface area contributed by atoms with E-state index in [1.54, 1.807) is 0 Å². The minimum absolute atomic E-state index is 0.964. The van der Waals surface area contributed by atoms with E-state index in [4.69, 9.17) is 0 Å². The van der Waals surface area contributed by atoms with Crippen LogP contribution in [0.25, 0.3) is 0 Å². The molecule has 0 radical (unpaired) electrons. The molecule has 0 aliphatic rings. The third-order valence-corrected chi connectivity index (χ3v) is 2.65. The fraction of sp³-hybridized carbons (Fsp3) is 0.0556. The van der Waals surface area contributed by atoms with Crippen LogP contribution in [0.5, 0.6) is 0 Å². The minimum atomic E-state index is 0.964. The van der Waals surface area contributed by atoms with Gasteiger partial charge in [0.05, 0.1) is 5.69 Å². The monoisotopic (exact) mass is 262 g/mol. The van der Waals surface area contributed by atoms with Gasteiger partial charge in [-0.05, 0) is 42.8 Å². The van der Waals surface area contributed by atoms with Crippen LogP contribution >= 0.6 is 0 Å². The SMILES string of the molecule is CC(C=Nc1ccccc1)=CC=CNc1ccccc1. The van der Waals surface area contributed by atoms with Gasteiger partial charge in [0.1, 0.15) is 0 Å². The van der Waals surface area contributed by atoms with Gasteiger partial charge in [0, 0.05) is 18.1 Å². The van der Waals surface area contributed by atoms with Crippen LogP contribution in [0, 0.1) is 0 Å². The van der Waals surface area contributed by atoms with E-state index in [-0.39, 0.29) is 0 Å². The molecule has 0 bridgehead atoms. The first-order valence-corrected chi connectivity index (χ1v) is 6.59. The number of aliphatic imine (C=N–C) groups is 1. The quantitative estimate of drug-likeness (QED) is 0.597. The molecule has 2 rings (SSSR count). The maximum absolute atomic E-state index is 4.40. The van der Waals surface area contributed by atoms with Gasteiger partial charge < -0.3 is 5.32 Å². The molecule has 1 N–H and O–H groups in total. The predicted molar refractivity (Wildman–Crippen MR) is 87.6 cm³/mol. The summed E-state index contributed by atoms with van der Waals surface area (Å²) in [6.45, 7) is 2.03. The van der Waals surface area contributed by atoms with Crippen LogP contribution in [-0.4, -0.2) is 6.21 Å². The average Bonchev–Trinajstić information content (AvgIpc) is 2.52. The summed E-state index contributed by atoms with van der Waals surface area (Å²) in [5, 5.41) is 3.20. The Bertz CT molecular complexity index is 596. The van der Waals surface area contributed by atoms with Crippen LogP contribution < -0.4 is 5.32 Å². The van der Waals surface area contributed by atoms with E-state index in [0.29, 0.717) is 0 Å². The molecular weight excluding hydrogens is 244 g/mol. The standard InChI is InChI=1S/C18H18N2/c1-16(15-20-18-12-6-3-7-13-18)9-8-14-19-17-10-4-2-5-11-17/h2-15,19H,1H3. The van der Waals surface area contributed by atoms with Gasteiger partial charge in [-0.25, -0.2) is 0 Å². The Labute approximate surface area is 120 Å². The van der Waals surface area contributed by atoms with Crippen molar-refractivity contribution in [3.05, 3.63) is 84.6 Å². The summed E-state index contributed by atoms with van der Waals surface area (Å²) >= 11 is 0. The zero-order chi connectivity index (χ0) is 14.0. The Morgan fingerprint density at radius 3 is 2.30 bits per heavy atom. The van der Waals surface area contributed by atoms with E-state index in [1.807, 2.05) is 92.2 Å². The molecule has 2 aromatic carbocycles.